The minimum atomic E-state index is 0.274. The van der Waals surface area contributed by atoms with Gasteiger partial charge in [0.1, 0.15) is 16.7 Å². The van der Waals surface area contributed by atoms with Gasteiger partial charge in [-0.1, -0.05) is 51.6 Å². The summed E-state index contributed by atoms with van der Waals surface area (Å²) in [6.45, 7) is 10.5. The summed E-state index contributed by atoms with van der Waals surface area (Å²) < 4.78 is 0. The molecule has 0 amide bonds. The van der Waals surface area contributed by atoms with Crippen molar-refractivity contribution in [3.8, 4) is 0 Å². The van der Waals surface area contributed by atoms with Gasteiger partial charge in [-0.2, -0.15) is 0 Å². The lowest BCUT2D eigenvalue weighted by atomic mass is 10.0. The monoisotopic (exact) mass is 301 g/mol. The number of nitrogens with two attached hydrogens (primary N) is 1. The molecule has 4 heteroatoms. The lowest BCUT2D eigenvalue weighted by Gasteiger charge is -2.12. The first-order chi connectivity index (χ1) is 9.88. The zero-order chi connectivity index (χ0) is 15.6. The third kappa shape index (κ3) is 3.76. The number of hydrogen-bond donors (Lipinski definition) is 1. The first-order valence-corrected chi connectivity index (χ1v) is 8.12. The molecule has 1 aromatic carbocycles. The van der Waals surface area contributed by atoms with Crippen LogP contribution in [0.2, 0.25) is 0 Å². The second-order valence-corrected chi connectivity index (χ2v) is 6.94. The number of hydrogen-bond acceptors (Lipinski definition) is 4. The van der Waals surface area contributed by atoms with Crippen LogP contribution in [0.4, 0.5) is 5.82 Å². The molecule has 0 aliphatic heterocycles. The van der Waals surface area contributed by atoms with Gasteiger partial charge in [0.05, 0.1) is 0 Å². The van der Waals surface area contributed by atoms with Crippen molar-refractivity contribution in [2.24, 2.45) is 0 Å². The molecule has 1 heterocycles. The van der Waals surface area contributed by atoms with Gasteiger partial charge in [-0.25, -0.2) is 9.97 Å². The van der Waals surface area contributed by atoms with Crippen molar-refractivity contribution in [2.45, 2.75) is 56.4 Å². The quantitative estimate of drug-likeness (QED) is 0.827. The van der Waals surface area contributed by atoms with Crippen molar-refractivity contribution in [1.29, 1.82) is 0 Å². The van der Waals surface area contributed by atoms with Crippen LogP contribution in [0.3, 0.4) is 0 Å². The summed E-state index contributed by atoms with van der Waals surface area (Å²) in [6.07, 6.45) is 0. The van der Waals surface area contributed by atoms with Crippen LogP contribution in [-0.2, 0) is 0 Å². The predicted octanol–water partition coefficient (Wildman–Crippen LogP) is 4.77. The van der Waals surface area contributed by atoms with E-state index in [9.17, 15) is 0 Å². The fourth-order valence-electron chi connectivity index (χ4n) is 1.92. The number of benzene rings is 1. The van der Waals surface area contributed by atoms with Gasteiger partial charge in [-0.3, -0.25) is 0 Å². The normalized spacial score (nSPS) is 11.4. The first-order valence-electron chi connectivity index (χ1n) is 7.30. The third-order valence-electron chi connectivity index (χ3n) is 3.43. The van der Waals surface area contributed by atoms with E-state index in [0.717, 1.165) is 16.4 Å². The summed E-state index contributed by atoms with van der Waals surface area (Å²) in [5.41, 5.74) is 8.32. The molecular weight excluding hydrogens is 278 g/mol. The van der Waals surface area contributed by atoms with Crippen molar-refractivity contribution < 1.29 is 0 Å². The minimum absolute atomic E-state index is 0.274. The van der Waals surface area contributed by atoms with E-state index < -0.39 is 0 Å². The van der Waals surface area contributed by atoms with E-state index in [4.69, 9.17) is 5.73 Å². The minimum Gasteiger partial charge on any atom is -0.383 e. The fourth-order valence-corrected chi connectivity index (χ4v) is 2.81. The molecule has 0 aliphatic rings. The van der Waals surface area contributed by atoms with Gasteiger partial charge in [0, 0.05) is 16.4 Å². The molecule has 0 bridgehead atoms. The van der Waals surface area contributed by atoms with Crippen molar-refractivity contribution in [3.63, 3.8) is 0 Å². The Hall–Kier alpha value is -1.55. The second-order valence-electron chi connectivity index (χ2n) is 5.88. The number of nitrogen functional groups attached to an aromatic ring is 1. The Morgan fingerprint density at radius 1 is 0.952 bits per heavy atom. The number of rotatable bonds is 4. The van der Waals surface area contributed by atoms with E-state index in [1.54, 1.807) is 11.8 Å². The highest BCUT2D eigenvalue weighted by Gasteiger charge is 2.12. The Labute approximate surface area is 131 Å². The van der Waals surface area contributed by atoms with E-state index in [-0.39, 0.29) is 5.92 Å². The van der Waals surface area contributed by atoms with Crippen molar-refractivity contribution in [3.05, 3.63) is 41.2 Å². The van der Waals surface area contributed by atoms with Crippen LogP contribution in [0.15, 0.2) is 34.2 Å². The number of aromatic nitrogens is 2. The summed E-state index contributed by atoms with van der Waals surface area (Å²) in [5.74, 6) is 2.21. The molecule has 0 aliphatic carbocycles. The van der Waals surface area contributed by atoms with Gasteiger partial charge < -0.3 is 5.73 Å². The molecule has 3 nitrogen and oxygen atoms in total. The average Bonchev–Trinajstić information content (AvgIpc) is 2.44. The maximum absolute atomic E-state index is 6.01. The number of nitrogens with zero attached hydrogens (tertiary/aromatic N) is 2. The zero-order valence-electron chi connectivity index (χ0n) is 13.3. The van der Waals surface area contributed by atoms with E-state index in [0.29, 0.717) is 11.7 Å². The van der Waals surface area contributed by atoms with Crippen LogP contribution < -0.4 is 5.73 Å². The van der Waals surface area contributed by atoms with Gasteiger partial charge in [0.15, 0.2) is 0 Å². The maximum atomic E-state index is 6.01. The predicted molar refractivity (Wildman–Crippen MR) is 89.9 cm³/mol. The van der Waals surface area contributed by atoms with Crippen LogP contribution in [-0.4, -0.2) is 9.97 Å². The van der Waals surface area contributed by atoms with E-state index in [2.05, 4.69) is 61.9 Å². The summed E-state index contributed by atoms with van der Waals surface area (Å²) in [4.78, 5) is 10.2. The van der Waals surface area contributed by atoms with Crippen LogP contribution >= 0.6 is 11.8 Å². The molecule has 0 unspecified atom stereocenters. The van der Waals surface area contributed by atoms with Gasteiger partial charge in [-0.15, -0.1) is 0 Å². The highest BCUT2D eigenvalue weighted by Crippen LogP contribution is 2.32. The summed E-state index contributed by atoms with van der Waals surface area (Å²) in [7, 11) is 0. The molecule has 2 N–H and O–H groups in total. The van der Waals surface area contributed by atoms with Crippen LogP contribution in [0.25, 0.3) is 0 Å². The molecule has 2 rings (SSSR count). The van der Waals surface area contributed by atoms with Gasteiger partial charge >= 0.3 is 0 Å². The fraction of sp³-hybridized carbons (Fsp3) is 0.412. The van der Waals surface area contributed by atoms with Gasteiger partial charge in [0.2, 0.25) is 0 Å². The van der Waals surface area contributed by atoms with Crippen molar-refractivity contribution >= 4 is 17.6 Å². The molecule has 0 atom stereocenters. The number of anilines is 1. The molecule has 21 heavy (non-hydrogen) atoms. The van der Waals surface area contributed by atoms with Gasteiger partial charge in [0.25, 0.3) is 0 Å². The van der Waals surface area contributed by atoms with E-state index in [1.165, 1.54) is 10.5 Å². The molecule has 0 radical (unpaired) electrons. The molecule has 112 valence electrons. The first kappa shape index (κ1) is 15.8. The molecule has 0 saturated heterocycles. The lowest BCUT2D eigenvalue weighted by molar-refractivity contribution is 0.751. The van der Waals surface area contributed by atoms with E-state index >= 15 is 0 Å². The molecular formula is C17H23N3S. The van der Waals surface area contributed by atoms with Crippen LogP contribution in [0.1, 0.15) is 56.5 Å². The Balaban J connectivity index is 2.30. The second kappa shape index (κ2) is 6.48. The molecule has 0 spiro atoms. The average molecular weight is 301 g/mol. The molecule has 0 fully saturated rings. The molecule has 1 aromatic heterocycles. The van der Waals surface area contributed by atoms with Gasteiger partial charge in [-0.05, 0) is 30.5 Å². The highest BCUT2D eigenvalue weighted by molar-refractivity contribution is 7.99. The molecule has 2 aromatic rings. The Kier molecular flexibility index (Phi) is 4.88. The van der Waals surface area contributed by atoms with Crippen molar-refractivity contribution in [1.82, 2.24) is 9.97 Å². The van der Waals surface area contributed by atoms with Crippen LogP contribution in [0, 0.1) is 6.92 Å². The highest BCUT2D eigenvalue weighted by atomic mass is 32.2. The summed E-state index contributed by atoms with van der Waals surface area (Å²) >= 11 is 1.65. The summed E-state index contributed by atoms with van der Waals surface area (Å²) in [6, 6.07) is 8.64. The maximum Gasteiger partial charge on any atom is 0.134 e. The Morgan fingerprint density at radius 3 is 2.10 bits per heavy atom. The topological polar surface area (TPSA) is 51.8 Å². The van der Waals surface area contributed by atoms with Crippen LogP contribution in [0.5, 0.6) is 0 Å². The van der Waals surface area contributed by atoms with E-state index in [1.807, 2.05) is 6.92 Å². The lowest BCUT2D eigenvalue weighted by Crippen LogP contribution is -2.05. The third-order valence-corrected chi connectivity index (χ3v) is 4.53. The largest absolute Gasteiger partial charge is 0.383 e. The Morgan fingerprint density at radius 2 is 1.57 bits per heavy atom. The zero-order valence-corrected chi connectivity index (χ0v) is 14.2. The summed E-state index contributed by atoms with van der Waals surface area (Å²) in [5, 5.41) is 0.948. The standard InChI is InChI=1S/C17H23N3S/c1-10(2)13-6-8-14(9-7-13)21-17-12(5)15(18)19-16(20-17)11(3)4/h6-11H,1-5H3,(H2,18,19,20). The SMILES string of the molecule is Cc1c(N)nc(C(C)C)nc1Sc1ccc(C(C)C)cc1. The van der Waals surface area contributed by atoms with Crippen molar-refractivity contribution in [2.75, 3.05) is 5.73 Å². The smallest absolute Gasteiger partial charge is 0.134 e. The Bertz CT molecular complexity index is 619. The molecule has 0 saturated carbocycles.